The van der Waals surface area contributed by atoms with Gasteiger partial charge in [0, 0.05) is 42.3 Å². The lowest BCUT2D eigenvalue weighted by Crippen LogP contribution is -2.23. The van der Waals surface area contributed by atoms with Crippen LogP contribution in [0.2, 0.25) is 10.0 Å². The second kappa shape index (κ2) is 7.56. The average Bonchev–Trinajstić information content (AvgIpc) is 3.00. The number of oxime groups is 1. The van der Waals surface area contributed by atoms with Crippen molar-refractivity contribution in [2.45, 2.75) is 17.5 Å². The molecule has 2 aromatic rings. The summed E-state index contributed by atoms with van der Waals surface area (Å²) in [6.45, 7) is 0. The Labute approximate surface area is 170 Å². The van der Waals surface area contributed by atoms with Gasteiger partial charge in [0.15, 0.2) is 0 Å². The van der Waals surface area contributed by atoms with Gasteiger partial charge in [0.25, 0.3) is 0 Å². The third kappa shape index (κ3) is 3.81. The number of hydrogen-bond acceptors (Lipinski definition) is 3. The van der Waals surface area contributed by atoms with Crippen molar-refractivity contribution in [3.63, 3.8) is 0 Å². The van der Waals surface area contributed by atoms with E-state index in [9.17, 15) is 0 Å². The molecule has 0 radical (unpaired) electrons. The molecule has 5 nitrogen and oxygen atoms in total. The molecule has 0 aromatic heterocycles. The highest BCUT2D eigenvalue weighted by atomic mass is 79.9. The fourth-order valence-corrected chi connectivity index (χ4v) is 4.44. The first-order valence-corrected chi connectivity index (χ1v) is 9.77. The molecule has 1 aliphatic heterocycles. The Bertz CT molecular complexity index is 895. The zero-order chi connectivity index (χ0) is 18.0. The fraction of sp³-hybridized carbons (Fsp3) is 0.188. The van der Waals surface area contributed by atoms with Crippen LogP contribution >= 0.6 is 55.1 Å². The van der Waals surface area contributed by atoms with Crippen LogP contribution in [0.4, 0.5) is 0 Å². The van der Waals surface area contributed by atoms with Gasteiger partial charge >= 0.3 is 0 Å². The molecule has 9 heteroatoms. The minimum absolute atomic E-state index is 0.272. The minimum Gasteiger partial charge on any atom is -0.377 e. The molecule has 2 aromatic carbocycles. The number of alkyl halides is 1. The number of benzene rings is 2. The molecular formula is C16H10Br2Cl2N4O. The van der Waals surface area contributed by atoms with Gasteiger partial charge in [0.1, 0.15) is 0 Å². The molecule has 25 heavy (non-hydrogen) atoms. The van der Waals surface area contributed by atoms with Gasteiger partial charge in [-0.1, -0.05) is 72.4 Å². The second-order valence-corrected chi connectivity index (χ2v) is 7.67. The first-order chi connectivity index (χ1) is 12.0. The molecule has 0 aliphatic carbocycles. The summed E-state index contributed by atoms with van der Waals surface area (Å²) < 4.78 is 0.955. The largest absolute Gasteiger partial charge is 0.377 e. The van der Waals surface area contributed by atoms with Crippen molar-refractivity contribution in [3.05, 3.63) is 78.0 Å². The van der Waals surface area contributed by atoms with Crippen LogP contribution in [0, 0.1) is 0 Å². The van der Waals surface area contributed by atoms with Gasteiger partial charge in [-0.2, -0.15) is 0 Å². The quantitative estimate of drug-likeness (QED) is 0.192. The number of azide groups is 1. The molecule has 1 aliphatic rings. The van der Waals surface area contributed by atoms with Crippen LogP contribution in [-0.4, -0.2) is 5.71 Å². The SMILES string of the molecule is [N-]=[N+]=NC1(c2cc(Cl)cc(Cl)c2)CC(c2ccc(CBr)c(Br)c2)=NO1. The van der Waals surface area contributed by atoms with E-state index < -0.39 is 5.72 Å². The highest BCUT2D eigenvalue weighted by Gasteiger charge is 2.41. The van der Waals surface area contributed by atoms with E-state index in [0.717, 1.165) is 20.9 Å². The van der Waals surface area contributed by atoms with Gasteiger partial charge < -0.3 is 4.84 Å². The third-order valence-corrected chi connectivity index (χ3v) is 5.54. The van der Waals surface area contributed by atoms with Crippen LogP contribution in [0.1, 0.15) is 23.1 Å². The van der Waals surface area contributed by atoms with E-state index in [1.165, 1.54) is 0 Å². The molecule has 0 bridgehead atoms. The molecule has 128 valence electrons. The molecule has 0 saturated heterocycles. The van der Waals surface area contributed by atoms with E-state index in [0.29, 0.717) is 21.3 Å². The van der Waals surface area contributed by atoms with Crippen molar-refractivity contribution in [2.75, 3.05) is 0 Å². The Kier molecular flexibility index (Phi) is 5.61. The van der Waals surface area contributed by atoms with Crippen LogP contribution < -0.4 is 0 Å². The predicted octanol–water partition coefficient (Wildman–Crippen LogP) is 6.94. The second-order valence-electron chi connectivity index (χ2n) is 5.38. The molecule has 1 unspecified atom stereocenters. The lowest BCUT2D eigenvalue weighted by Gasteiger charge is -2.21. The Balaban J connectivity index is 1.98. The lowest BCUT2D eigenvalue weighted by molar-refractivity contribution is -0.0175. The smallest absolute Gasteiger partial charge is 0.246 e. The van der Waals surface area contributed by atoms with E-state index in [4.69, 9.17) is 33.6 Å². The maximum absolute atomic E-state index is 9.01. The highest BCUT2D eigenvalue weighted by Crippen LogP contribution is 2.40. The summed E-state index contributed by atoms with van der Waals surface area (Å²) in [6.07, 6.45) is 0.272. The summed E-state index contributed by atoms with van der Waals surface area (Å²) in [5, 5.41) is 9.58. The van der Waals surface area contributed by atoms with Crippen molar-refractivity contribution < 1.29 is 4.84 Å². The monoisotopic (exact) mass is 502 g/mol. The first-order valence-electron chi connectivity index (χ1n) is 7.10. The van der Waals surface area contributed by atoms with Gasteiger partial charge in [-0.05, 0) is 40.5 Å². The predicted molar refractivity (Wildman–Crippen MR) is 106 cm³/mol. The standard InChI is InChI=1S/C16H10Br2Cl2N4O/c17-8-10-2-1-9(3-14(10)18)15-7-16(23-24-21,25-22-15)11-4-12(19)6-13(20)5-11/h1-6H,7-8H2. The Morgan fingerprint density at radius 1 is 1.24 bits per heavy atom. The van der Waals surface area contributed by atoms with Crippen LogP contribution in [0.3, 0.4) is 0 Å². The molecule has 0 spiro atoms. The summed E-state index contributed by atoms with van der Waals surface area (Å²) in [4.78, 5) is 8.49. The molecule has 0 fully saturated rings. The van der Waals surface area contributed by atoms with Gasteiger partial charge in [-0.15, -0.1) is 0 Å². The zero-order valence-corrected chi connectivity index (χ0v) is 17.3. The Morgan fingerprint density at radius 3 is 2.56 bits per heavy atom. The fourth-order valence-electron chi connectivity index (χ4n) is 2.53. The molecule has 0 saturated carbocycles. The van der Waals surface area contributed by atoms with Crippen molar-refractivity contribution in [3.8, 4) is 0 Å². The normalized spacial score (nSPS) is 19.1. The lowest BCUT2D eigenvalue weighted by atomic mass is 9.95. The first kappa shape index (κ1) is 18.5. The van der Waals surface area contributed by atoms with Crippen molar-refractivity contribution >= 4 is 60.8 Å². The minimum atomic E-state index is -1.31. The Morgan fingerprint density at radius 2 is 1.96 bits per heavy atom. The van der Waals surface area contributed by atoms with Crippen LogP contribution in [0.15, 0.2) is 51.1 Å². The third-order valence-electron chi connectivity index (χ3n) is 3.76. The summed E-state index contributed by atoms with van der Waals surface area (Å²) in [6, 6.07) is 10.8. The summed E-state index contributed by atoms with van der Waals surface area (Å²) >= 11 is 19.1. The molecular weight excluding hydrogens is 495 g/mol. The van der Waals surface area contributed by atoms with Gasteiger partial charge in [0.05, 0.1) is 5.71 Å². The van der Waals surface area contributed by atoms with Crippen molar-refractivity contribution in [2.24, 2.45) is 10.3 Å². The number of nitrogens with zero attached hydrogens (tertiary/aromatic N) is 4. The summed E-state index contributed by atoms with van der Waals surface area (Å²) in [5.41, 5.74) is 10.9. The maximum atomic E-state index is 9.01. The highest BCUT2D eigenvalue weighted by molar-refractivity contribution is 9.10. The maximum Gasteiger partial charge on any atom is 0.246 e. The summed E-state index contributed by atoms with van der Waals surface area (Å²) in [7, 11) is 0. The van der Waals surface area contributed by atoms with Gasteiger partial charge in [-0.25, -0.2) is 0 Å². The van der Waals surface area contributed by atoms with Crippen LogP contribution in [0.25, 0.3) is 10.4 Å². The molecule has 0 N–H and O–H groups in total. The zero-order valence-electron chi connectivity index (χ0n) is 12.6. The van der Waals surface area contributed by atoms with Crippen molar-refractivity contribution in [1.29, 1.82) is 0 Å². The van der Waals surface area contributed by atoms with E-state index in [-0.39, 0.29) is 6.42 Å². The van der Waals surface area contributed by atoms with E-state index in [1.807, 2.05) is 18.2 Å². The number of hydrogen-bond donors (Lipinski definition) is 0. The number of halogens is 4. The van der Waals surface area contributed by atoms with Crippen LogP contribution in [-0.2, 0) is 15.9 Å². The average molecular weight is 505 g/mol. The molecule has 3 rings (SSSR count). The van der Waals surface area contributed by atoms with E-state index in [2.05, 4.69) is 47.0 Å². The topological polar surface area (TPSA) is 70.4 Å². The van der Waals surface area contributed by atoms with Gasteiger partial charge in [0.2, 0.25) is 5.72 Å². The molecule has 1 atom stereocenters. The summed E-state index contributed by atoms with van der Waals surface area (Å²) in [5.74, 6) is 0. The number of rotatable bonds is 4. The van der Waals surface area contributed by atoms with E-state index in [1.54, 1.807) is 18.2 Å². The molecule has 1 heterocycles. The molecule has 0 amide bonds. The Hall–Kier alpha value is -1.24. The van der Waals surface area contributed by atoms with Crippen molar-refractivity contribution in [1.82, 2.24) is 0 Å². The van der Waals surface area contributed by atoms with Crippen LogP contribution in [0.5, 0.6) is 0 Å². The van der Waals surface area contributed by atoms with Gasteiger partial charge in [-0.3, -0.25) is 0 Å². The van der Waals surface area contributed by atoms with E-state index >= 15 is 0 Å².